The van der Waals surface area contributed by atoms with Gasteiger partial charge in [0.25, 0.3) is 0 Å². The zero-order chi connectivity index (χ0) is 58.5. The highest BCUT2D eigenvalue weighted by Crippen LogP contribution is 2.17. The molecule has 81 heavy (non-hydrogen) atoms. The van der Waals surface area contributed by atoms with Crippen LogP contribution in [0.5, 0.6) is 0 Å². The highest BCUT2D eigenvalue weighted by Gasteiger charge is 2.19. The third-order valence-corrected chi connectivity index (χ3v) is 15.1. The minimum Gasteiger partial charge on any atom is -0.462 e. The minimum absolute atomic E-state index is 0.0757. The lowest BCUT2D eigenvalue weighted by Crippen LogP contribution is -2.30. The van der Waals surface area contributed by atoms with Gasteiger partial charge in [0.15, 0.2) is 6.10 Å². The normalized spacial score (nSPS) is 12.7. The van der Waals surface area contributed by atoms with Crippen LogP contribution in [0.1, 0.15) is 342 Å². The molecule has 0 saturated carbocycles. The lowest BCUT2D eigenvalue weighted by atomic mass is 10.0. The number of ether oxygens (including phenoxy) is 3. The van der Waals surface area contributed by atoms with Gasteiger partial charge in [-0.2, -0.15) is 0 Å². The van der Waals surface area contributed by atoms with E-state index in [-0.39, 0.29) is 31.1 Å². The molecule has 0 aromatic rings. The Labute approximate surface area is 502 Å². The van der Waals surface area contributed by atoms with Crippen molar-refractivity contribution in [2.75, 3.05) is 13.2 Å². The Kier molecular flexibility index (Phi) is 65.7. The average molecular weight is 1130 g/mol. The summed E-state index contributed by atoms with van der Waals surface area (Å²) in [6.45, 7) is 6.53. The Morgan fingerprint density at radius 1 is 0.259 bits per heavy atom. The lowest BCUT2D eigenvalue weighted by molar-refractivity contribution is -0.167. The number of esters is 3. The van der Waals surface area contributed by atoms with E-state index in [0.29, 0.717) is 19.3 Å². The van der Waals surface area contributed by atoms with Gasteiger partial charge in [-0.05, 0) is 103 Å². The van der Waals surface area contributed by atoms with Gasteiger partial charge in [-0.3, -0.25) is 14.4 Å². The molecule has 6 heteroatoms. The summed E-state index contributed by atoms with van der Waals surface area (Å²) in [5, 5.41) is 0. The van der Waals surface area contributed by atoms with Crippen LogP contribution >= 0.6 is 0 Å². The highest BCUT2D eigenvalue weighted by atomic mass is 16.6. The molecule has 1 unspecified atom stereocenters. The molecule has 0 aromatic carbocycles. The maximum atomic E-state index is 12.9. The molecule has 0 aliphatic heterocycles. The average Bonchev–Trinajstić information content (AvgIpc) is 3.47. The Morgan fingerprint density at radius 2 is 0.481 bits per heavy atom. The second kappa shape index (κ2) is 68.8. The molecule has 0 rings (SSSR count). The standard InChI is InChI=1S/C75H130O6/c1-4-7-10-13-16-19-21-23-25-27-29-31-33-35-37-39-41-43-45-47-49-51-53-56-59-62-65-68-74(77)80-71-72(70-79-73(76)67-64-61-58-55-18-15-12-9-6-3)81-75(78)69-66-63-60-57-54-52-50-48-46-44-42-40-38-36-34-32-30-28-26-24-22-20-17-14-11-8-5-2/h7,10,16,19,22-25,28-31,34-37,72H,4-6,8-9,11-15,17-18,20-21,26-27,32-33,38-71H2,1-3H3/b10-7-,19-16-,24-22-,25-23-,30-28-,31-29-,36-34-,37-35-. The van der Waals surface area contributed by atoms with Crippen molar-refractivity contribution in [2.24, 2.45) is 0 Å². The summed E-state index contributed by atoms with van der Waals surface area (Å²) in [7, 11) is 0. The predicted octanol–water partition coefficient (Wildman–Crippen LogP) is 24.0. The zero-order valence-electron chi connectivity index (χ0n) is 53.5. The maximum Gasteiger partial charge on any atom is 0.306 e. The molecule has 6 nitrogen and oxygen atoms in total. The largest absolute Gasteiger partial charge is 0.462 e. The fraction of sp³-hybridized carbons (Fsp3) is 0.747. The second-order valence-electron chi connectivity index (χ2n) is 23.1. The number of hydrogen-bond donors (Lipinski definition) is 0. The van der Waals surface area contributed by atoms with E-state index >= 15 is 0 Å². The van der Waals surface area contributed by atoms with Gasteiger partial charge in [-0.25, -0.2) is 0 Å². The Morgan fingerprint density at radius 3 is 0.753 bits per heavy atom. The van der Waals surface area contributed by atoms with Gasteiger partial charge in [-0.1, -0.05) is 317 Å². The molecule has 0 aromatic heterocycles. The summed E-state index contributed by atoms with van der Waals surface area (Å²) in [4.78, 5) is 38.3. The van der Waals surface area contributed by atoms with E-state index in [1.165, 1.54) is 199 Å². The van der Waals surface area contributed by atoms with Crippen LogP contribution < -0.4 is 0 Å². The van der Waals surface area contributed by atoms with Crippen LogP contribution in [0.25, 0.3) is 0 Å². The molecule has 0 aliphatic carbocycles. The molecule has 0 heterocycles. The van der Waals surface area contributed by atoms with Crippen molar-refractivity contribution in [3.8, 4) is 0 Å². The fourth-order valence-electron chi connectivity index (χ4n) is 9.89. The van der Waals surface area contributed by atoms with E-state index < -0.39 is 6.10 Å². The monoisotopic (exact) mass is 1130 g/mol. The van der Waals surface area contributed by atoms with Gasteiger partial charge >= 0.3 is 17.9 Å². The summed E-state index contributed by atoms with van der Waals surface area (Å²) in [6, 6.07) is 0. The van der Waals surface area contributed by atoms with E-state index in [1.54, 1.807) is 0 Å². The summed E-state index contributed by atoms with van der Waals surface area (Å²) < 4.78 is 16.9. The first-order valence-electron chi connectivity index (χ1n) is 34.7. The first-order valence-corrected chi connectivity index (χ1v) is 34.7. The molecule has 0 fully saturated rings. The van der Waals surface area contributed by atoms with E-state index in [0.717, 1.165) is 103 Å². The summed E-state index contributed by atoms with van der Waals surface area (Å²) >= 11 is 0. The Balaban J connectivity index is 4.18. The lowest BCUT2D eigenvalue weighted by Gasteiger charge is -2.18. The van der Waals surface area contributed by atoms with Gasteiger partial charge < -0.3 is 14.2 Å². The SMILES string of the molecule is CC/C=C\C/C=C\C/C=C\C/C=C\C/C=C\CCCCCCCCCCCCCC(=O)OCC(COC(=O)CCCCCCCCCCC)OC(=O)CCCCCCCCCCCCCC/C=C\C/C=C\C/C=C\CCCCCCC. The van der Waals surface area contributed by atoms with Crippen LogP contribution in [0.3, 0.4) is 0 Å². The number of unbranched alkanes of at least 4 members (excludes halogenated alkanes) is 36. The molecule has 0 amide bonds. The van der Waals surface area contributed by atoms with Crippen molar-refractivity contribution in [3.63, 3.8) is 0 Å². The third kappa shape index (κ3) is 67.0. The van der Waals surface area contributed by atoms with Crippen LogP contribution in [0.2, 0.25) is 0 Å². The molecule has 0 saturated heterocycles. The predicted molar refractivity (Wildman–Crippen MR) is 353 cm³/mol. The van der Waals surface area contributed by atoms with Crippen LogP contribution in [-0.2, 0) is 28.6 Å². The van der Waals surface area contributed by atoms with E-state index in [4.69, 9.17) is 14.2 Å². The van der Waals surface area contributed by atoms with Gasteiger partial charge in [0, 0.05) is 19.3 Å². The van der Waals surface area contributed by atoms with E-state index in [9.17, 15) is 14.4 Å². The zero-order valence-corrected chi connectivity index (χ0v) is 53.5. The van der Waals surface area contributed by atoms with E-state index in [1.807, 2.05) is 0 Å². The Bertz CT molecular complexity index is 1580. The first-order chi connectivity index (χ1) is 40.0. The topological polar surface area (TPSA) is 78.9 Å². The van der Waals surface area contributed by atoms with Gasteiger partial charge in [0.2, 0.25) is 0 Å². The number of rotatable bonds is 63. The molecule has 1 atom stereocenters. The van der Waals surface area contributed by atoms with Crippen LogP contribution in [-0.4, -0.2) is 37.2 Å². The number of allylic oxidation sites excluding steroid dienone is 16. The van der Waals surface area contributed by atoms with Crippen LogP contribution in [0.15, 0.2) is 97.2 Å². The minimum atomic E-state index is -0.779. The number of carbonyl (C=O) groups excluding carboxylic acids is 3. The molecular weight excluding hydrogens is 997 g/mol. The van der Waals surface area contributed by atoms with Gasteiger partial charge in [0.05, 0.1) is 0 Å². The van der Waals surface area contributed by atoms with E-state index in [2.05, 4.69) is 118 Å². The molecule has 0 aliphatic rings. The molecular formula is C75H130O6. The highest BCUT2D eigenvalue weighted by molar-refractivity contribution is 5.71. The number of carbonyl (C=O) groups is 3. The number of hydrogen-bond acceptors (Lipinski definition) is 6. The Hall–Kier alpha value is -3.67. The first kappa shape index (κ1) is 77.3. The van der Waals surface area contributed by atoms with Gasteiger partial charge in [-0.15, -0.1) is 0 Å². The summed E-state index contributed by atoms with van der Waals surface area (Å²) in [5.74, 6) is -0.870. The van der Waals surface area contributed by atoms with Crippen molar-refractivity contribution in [3.05, 3.63) is 97.2 Å². The third-order valence-electron chi connectivity index (χ3n) is 15.1. The smallest absolute Gasteiger partial charge is 0.306 e. The molecule has 0 radical (unpaired) electrons. The fourth-order valence-corrected chi connectivity index (χ4v) is 9.89. The maximum absolute atomic E-state index is 12.9. The van der Waals surface area contributed by atoms with Crippen molar-refractivity contribution in [2.45, 2.75) is 348 Å². The van der Waals surface area contributed by atoms with Crippen LogP contribution in [0, 0.1) is 0 Å². The summed E-state index contributed by atoms with van der Waals surface area (Å²) in [5.41, 5.74) is 0. The molecule has 0 bridgehead atoms. The van der Waals surface area contributed by atoms with Crippen molar-refractivity contribution in [1.82, 2.24) is 0 Å². The molecule has 466 valence electrons. The quantitative estimate of drug-likeness (QED) is 0.0261. The van der Waals surface area contributed by atoms with Crippen LogP contribution in [0.4, 0.5) is 0 Å². The second-order valence-corrected chi connectivity index (χ2v) is 23.1. The van der Waals surface area contributed by atoms with Gasteiger partial charge in [0.1, 0.15) is 13.2 Å². The molecule has 0 spiro atoms. The van der Waals surface area contributed by atoms with Crippen molar-refractivity contribution >= 4 is 17.9 Å². The molecule has 0 N–H and O–H groups in total. The summed E-state index contributed by atoms with van der Waals surface area (Å²) in [6.07, 6.45) is 93.0. The van der Waals surface area contributed by atoms with Crippen molar-refractivity contribution in [1.29, 1.82) is 0 Å². The van der Waals surface area contributed by atoms with Crippen molar-refractivity contribution < 1.29 is 28.6 Å².